The van der Waals surface area contributed by atoms with Gasteiger partial charge in [-0.2, -0.15) is 0 Å². The van der Waals surface area contributed by atoms with E-state index in [1.165, 1.54) is 0 Å². The summed E-state index contributed by atoms with van der Waals surface area (Å²) in [5.41, 5.74) is 1.54. The second-order valence-corrected chi connectivity index (χ2v) is 5.86. The van der Waals surface area contributed by atoms with E-state index in [-0.39, 0.29) is 11.9 Å². The zero-order valence-corrected chi connectivity index (χ0v) is 15.7. The van der Waals surface area contributed by atoms with Gasteiger partial charge in [-0.25, -0.2) is 9.97 Å². The highest BCUT2D eigenvalue weighted by Crippen LogP contribution is 2.27. The van der Waals surface area contributed by atoms with Crippen LogP contribution >= 0.6 is 0 Å². The Morgan fingerprint density at radius 2 is 1.75 bits per heavy atom. The van der Waals surface area contributed by atoms with Crippen LogP contribution in [-0.2, 0) is 6.42 Å². The van der Waals surface area contributed by atoms with Crippen molar-refractivity contribution in [2.24, 2.45) is 0 Å². The number of carbonyl (C=O) groups is 1. The van der Waals surface area contributed by atoms with E-state index in [1.54, 1.807) is 56.9 Å². The molecular formula is C21H21N3O4. The van der Waals surface area contributed by atoms with E-state index in [4.69, 9.17) is 14.2 Å². The second kappa shape index (κ2) is 9.36. The van der Waals surface area contributed by atoms with Crippen molar-refractivity contribution < 1.29 is 19.0 Å². The van der Waals surface area contributed by atoms with Gasteiger partial charge in [0.05, 0.1) is 14.2 Å². The topological polar surface area (TPSA) is 82.6 Å². The second-order valence-electron chi connectivity index (χ2n) is 5.86. The quantitative estimate of drug-likeness (QED) is 0.647. The highest BCUT2D eigenvalue weighted by atomic mass is 16.5. The number of methoxy groups -OCH3 is 2. The van der Waals surface area contributed by atoms with Gasteiger partial charge in [0.1, 0.15) is 5.75 Å². The monoisotopic (exact) mass is 379 g/mol. The first-order chi connectivity index (χ1) is 13.7. The molecule has 2 aromatic carbocycles. The van der Waals surface area contributed by atoms with Gasteiger partial charge in [0.15, 0.2) is 11.5 Å². The summed E-state index contributed by atoms with van der Waals surface area (Å²) < 4.78 is 16.1. The third-order valence-electron chi connectivity index (χ3n) is 3.99. The lowest BCUT2D eigenvalue weighted by molar-refractivity contribution is 0.0954. The number of carbonyl (C=O) groups excluding carboxylic acids is 1. The Morgan fingerprint density at radius 3 is 2.50 bits per heavy atom. The number of ether oxygens (including phenoxy) is 3. The van der Waals surface area contributed by atoms with Gasteiger partial charge in [-0.05, 0) is 48.4 Å². The summed E-state index contributed by atoms with van der Waals surface area (Å²) >= 11 is 0. The van der Waals surface area contributed by atoms with Gasteiger partial charge in [-0.15, -0.1) is 0 Å². The van der Waals surface area contributed by atoms with Crippen molar-refractivity contribution in [2.75, 3.05) is 20.8 Å². The van der Waals surface area contributed by atoms with Crippen molar-refractivity contribution in [1.29, 1.82) is 0 Å². The predicted molar refractivity (Wildman–Crippen MR) is 104 cm³/mol. The summed E-state index contributed by atoms with van der Waals surface area (Å²) in [5, 5.41) is 2.91. The Bertz CT molecular complexity index is 932. The standard InChI is InChI=1S/C21H21N3O4/c1-26-18-8-7-15(13-19(18)27-2)9-12-22-20(25)16-5-3-6-17(14-16)28-21-23-10-4-11-24-21/h3-8,10-11,13-14H,9,12H2,1-2H3,(H,22,25). The van der Waals surface area contributed by atoms with E-state index in [9.17, 15) is 4.79 Å². The predicted octanol–water partition coefficient (Wildman–Crippen LogP) is 3.26. The number of nitrogens with zero attached hydrogens (tertiary/aromatic N) is 2. The minimum absolute atomic E-state index is 0.181. The van der Waals surface area contributed by atoms with E-state index in [0.717, 1.165) is 5.56 Å². The van der Waals surface area contributed by atoms with Crippen molar-refractivity contribution in [2.45, 2.75) is 6.42 Å². The smallest absolute Gasteiger partial charge is 0.321 e. The summed E-state index contributed by atoms with van der Waals surface area (Å²) in [6.45, 7) is 0.487. The number of aromatic nitrogens is 2. The summed E-state index contributed by atoms with van der Waals surface area (Å²) in [7, 11) is 3.19. The molecule has 0 saturated carbocycles. The maximum Gasteiger partial charge on any atom is 0.321 e. The lowest BCUT2D eigenvalue weighted by Crippen LogP contribution is -2.25. The molecule has 0 unspecified atom stereocenters. The van der Waals surface area contributed by atoms with Crippen LogP contribution in [0.1, 0.15) is 15.9 Å². The first-order valence-corrected chi connectivity index (χ1v) is 8.73. The fraction of sp³-hybridized carbons (Fsp3) is 0.190. The fourth-order valence-corrected chi connectivity index (χ4v) is 2.60. The van der Waals surface area contributed by atoms with Gasteiger partial charge in [0, 0.05) is 24.5 Å². The molecule has 0 fully saturated rings. The summed E-state index contributed by atoms with van der Waals surface area (Å²) in [6, 6.07) is 14.5. The lowest BCUT2D eigenvalue weighted by Gasteiger charge is -2.10. The largest absolute Gasteiger partial charge is 0.493 e. The van der Waals surface area contributed by atoms with Crippen molar-refractivity contribution in [3.8, 4) is 23.3 Å². The molecule has 0 bridgehead atoms. The molecule has 7 nitrogen and oxygen atoms in total. The van der Waals surface area contributed by atoms with E-state index in [2.05, 4.69) is 15.3 Å². The van der Waals surface area contributed by atoms with Crippen molar-refractivity contribution in [1.82, 2.24) is 15.3 Å². The van der Waals surface area contributed by atoms with Crippen LogP contribution in [0.3, 0.4) is 0 Å². The fourth-order valence-electron chi connectivity index (χ4n) is 2.60. The molecule has 3 aromatic rings. The number of hydrogen-bond donors (Lipinski definition) is 1. The molecule has 0 aliphatic heterocycles. The van der Waals surface area contributed by atoms with Crippen LogP contribution in [-0.4, -0.2) is 36.6 Å². The molecule has 0 radical (unpaired) electrons. The summed E-state index contributed by atoms with van der Waals surface area (Å²) in [4.78, 5) is 20.4. The number of rotatable bonds is 8. The highest BCUT2D eigenvalue weighted by molar-refractivity contribution is 5.94. The Kier molecular flexibility index (Phi) is 6.41. The third kappa shape index (κ3) is 4.97. The van der Waals surface area contributed by atoms with Gasteiger partial charge in [-0.1, -0.05) is 12.1 Å². The molecule has 1 aromatic heterocycles. The molecule has 0 atom stereocenters. The Hall–Kier alpha value is -3.61. The number of amides is 1. The van der Waals surface area contributed by atoms with Gasteiger partial charge in [-0.3, -0.25) is 4.79 Å². The summed E-state index contributed by atoms with van der Waals surface area (Å²) in [5.74, 6) is 1.66. The normalized spacial score (nSPS) is 10.2. The molecule has 0 spiro atoms. The van der Waals surface area contributed by atoms with Crippen LogP contribution < -0.4 is 19.5 Å². The first-order valence-electron chi connectivity index (χ1n) is 8.73. The minimum Gasteiger partial charge on any atom is -0.493 e. The van der Waals surface area contributed by atoms with Crippen LogP contribution in [0.4, 0.5) is 0 Å². The van der Waals surface area contributed by atoms with E-state index >= 15 is 0 Å². The SMILES string of the molecule is COc1ccc(CCNC(=O)c2cccc(Oc3ncccn3)c2)cc1OC. The third-order valence-corrected chi connectivity index (χ3v) is 3.99. The van der Waals surface area contributed by atoms with Gasteiger partial charge in [0.25, 0.3) is 5.91 Å². The van der Waals surface area contributed by atoms with Crippen LogP contribution in [0.25, 0.3) is 0 Å². The number of nitrogens with one attached hydrogen (secondary N) is 1. The van der Waals surface area contributed by atoms with Crippen molar-refractivity contribution >= 4 is 5.91 Å². The van der Waals surface area contributed by atoms with Gasteiger partial charge < -0.3 is 19.5 Å². The summed E-state index contributed by atoms with van der Waals surface area (Å²) in [6.07, 6.45) is 3.85. The van der Waals surface area contributed by atoms with Crippen LogP contribution in [0.5, 0.6) is 23.3 Å². The van der Waals surface area contributed by atoms with Gasteiger partial charge in [0.2, 0.25) is 0 Å². The average molecular weight is 379 g/mol. The molecule has 7 heteroatoms. The molecule has 3 rings (SSSR count). The van der Waals surface area contributed by atoms with Crippen molar-refractivity contribution in [3.05, 3.63) is 72.1 Å². The number of benzene rings is 2. The number of hydrogen-bond acceptors (Lipinski definition) is 6. The maximum atomic E-state index is 12.4. The maximum absolute atomic E-state index is 12.4. The van der Waals surface area contributed by atoms with Crippen LogP contribution in [0, 0.1) is 0 Å². The van der Waals surface area contributed by atoms with E-state index < -0.39 is 0 Å². The first kappa shape index (κ1) is 19.2. The highest BCUT2D eigenvalue weighted by Gasteiger charge is 2.09. The lowest BCUT2D eigenvalue weighted by atomic mass is 10.1. The van der Waals surface area contributed by atoms with E-state index in [1.807, 2.05) is 18.2 Å². The average Bonchev–Trinajstić information content (AvgIpc) is 2.74. The zero-order valence-electron chi connectivity index (χ0n) is 15.7. The van der Waals surface area contributed by atoms with Crippen LogP contribution in [0.15, 0.2) is 60.9 Å². The van der Waals surface area contributed by atoms with Gasteiger partial charge >= 0.3 is 6.01 Å². The molecule has 0 saturated heterocycles. The molecule has 1 heterocycles. The molecule has 28 heavy (non-hydrogen) atoms. The van der Waals surface area contributed by atoms with E-state index in [0.29, 0.717) is 35.8 Å². The minimum atomic E-state index is -0.181. The molecular weight excluding hydrogens is 358 g/mol. The van der Waals surface area contributed by atoms with Crippen LogP contribution in [0.2, 0.25) is 0 Å². The molecule has 0 aliphatic rings. The molecule has 0 aliphatic carbocycles. The molecule has 1 amide bonds. The Balaban J connectivity index is 1.57. The Morgan fingerprint density at radius 1 is 0.964 bits per heavy atom. The molecule has 1 N–H and O–H groups in total. The Labute approximate surface area is 163 Å². The van der Waals surface area contributed by atoms with Crippen molar-refractivity contribution in [3.63, 3.8) is 0 Å². The molecule has 144 valence electrons. The zero-order chi connectivity index (χ0) is 19.8.